The van der Waals surface area contributed by atoms with E-state index in [4.69, 9.17) is 32.7 Å². The van der Waals surface area contributed by atoms with E-state index in [-0.39, 0.29) is 30.9 Å². The van der Waals surface area contributed by atoms with Crippen LogP contribution in [0, 0.1) is 5.92 Å². The number of aliphatic hydroxyl groups excluding tert-OH is 1. The zero-order valence-electron chi connectivity index (χ0n) is 14.1. The lowest BCUT2D eigenvalue weighted by molar-refractivity contribution is -0.149. The van der Waals surface area contributed by atoms with Gasteiger partial charge < -0.3 is 31.9 Å². The Morgan fingerprint density at radius 1 is 1.36 bits per heavy atom. The summed E-state index contributed by atoms with van der Waals surface area (Å²) in [6, 6.07) is 4.97. The fourth-order valence-corrected chi connectivity index (χ4v) is 3.20. The molecule has 1 saturated heterocycles. The molecule has 0 amide bonds. The Balaban J connectivity index is 0.00000312. The minimum atomic E-state index is -0.629. The van der Waals surface area contributed by atoms with Crippen LogP contribution in [0.1, 0.15) is 19.8 Å². The number of β-amino-alcohol motifs (C(OH)–C–C–N with tert-alkyl or cyclic N) is 1. The number of hydrogen-bond acceptors (Lipinski definition) is 5. The quantitative estimate of drug-likeness (QED) is 0.641. The maximum absolute atomic E-state index is 11.7. The van der Waals surface area contributed by atoms with Crippen molar-refractivity contribution in [3.05, 3.63) is 28.2 Å². The number of likely N-dealkylation sites (tertiary alicyclic amines) is 1. The first kappa shape index (κ1) is 22.3. The highest BCUT2D eigenvalue weighted by Gasteiger charge is 2.26. The SMILES string of the molecule is CCOC(=O)C1CCN(CC(O)COc2ccc(Cl)cc2Cl)CC1.[Cl-]. The van der Waals surface area contributed by atoms with E-state index in [9.17, 15) is 9.90 Å². The van der Waals surface area contributed by atoms with Gasteiger partial charge in [-0.3, -0.25) is 4.79 Å². The van der Waals surface area contributed by atoms with E-state index in [1.807, 2.05) is 6.92 Å². The van der Waals surface area contributed by atoms with Crippen molar-refractivity contribution in [3.8, 4) is 5.75 Å². The Kier molecular flexibility index (Phi) is 9.90. The largest absolute Gasteiger partial charge is 1.00 e. The van der Waals surface area contributed by atoms with Gasteiger partial charge in [-0.05, 0) is 51.1 Å². The molecule has 1 aromatic carbocycles. The minimum absolute atomic E-state index is 0. The molecule has 142 valence electrons. The molecule has 1 aromatic rings. The lowest BCUT2D eigenvalue weighted by atomic mass is 9.97. The second-order valence-electron chi connectivity index (χ2n) is 5.87. The third kappa shape index (κ3) is 7.19. The molecule has 1 fully saturated rings. The van der Waals surface area contributed by atoms with Gasteiger partial charge in [0.1, 0.15) is 18.5 Å². The van der Waals surface area contributed by atoms with Gasteiger partial charge in [-0.15, -0.1) is 0 Å². The van der Waals surface area contributed by atoms with Crippen molar-refractivity contribution in [1.29, 1.82) is 0 Å². The van der Waals surface area contributed by atoms with Gasteiger partial charge in [-0.25, -0.2) is 0 Å². The summed E-state index contributed by atoms with van der Waals surface area (Å²) in [6.07, 6.45) is 0.890. The predicted molar refractivity (Wildman–Crippen MR) is 93.8 cm³/mol. The standard InChI is InChI=1S/C17H23Cl2NO4.ClH/c1-2-23-17(22)12-5-7-20(8-6-12)10-14(21)11-24-16-4-3-13(18)9-15(16)19;/h3-4,9,12,14,21H,2,5-8,10-11H2,1H3;1H/p-1. The fraction of sp³-hybridized carbons (Fsp3) is 0.588. The van der Waals surface area contributed by atoms with Crippen LogP contribution >= 0.6 is 23.2 Å². The van der Waals surface area contributed by atoms with Crippen LogP contribution < -0.4 is 17.1 Å². The summed E-state index contributed by atoms with van der Waals surface area (Å²) in [6.45, 7) is 4.42. The van der Waals surface area contributed by atoms with Gasteiger partial charge >= 0.3 is 5.97 Å². The number of carbonyl (C=O) groups excluding carboxylic acids is 1. The summed E-state index contributed by atoms with van der Waals surface area (Å²) in [5.74, 6) is 0.363. The van der Waals surface area contributed by atoms with Crippen LogP contribution in [0.4, 0.5) is 0 Å². The van der Waals surface area contributed by atoms with Crippen LogP contribution in [0.25, 0.3) is 0 Å². The summed E-state index contributed by atoms with van der Waals surface area (Å²) in [4.78, 5) is 13.8. The van der Waals surface area contributed by atoms with Gasteiger partial charge in [-0.1, -0.05) is 23.2 Å². The molecule has 0 aromatic heterocycles. The lowest BCUT2D eigenvalue weighted by Crippen LogP contribution is -3.00. The molecule has 0 saturated carbocycles. The smallest absolute Gasteiger partial charge is 0.309 e. The molecule has 0 radical (unpaired) electrons. The summed E-state index contributed by atoms with van der Waals surface area (Å²) in [5.41, 5.74) is 0. The van der Waals surface area contributed by atoms with Crippen molar-refractivity contribution in [1.82, 2.24) is 4.90 Å². The van der Waals surface area contributed by atoms with E-state index in [0.717, 1.165) is 25.9 Å². The van der Waals surface area contributed by atoms with Crippen molar-refractivity contribution in [2.45, 2.75) is 25.9 Å². The Labute approximate surface area is 164 Å². The van der Waals surface area contributed by atoms with Gasteiger partial charge in [0.15, 0.2) is 0 Å². The van der Waals surface area contributed by atoms with Crippen LogP contribution in [0.15, 0.2) is 18.2 Å². The summed E-state index contributed by atoms with van der Waals surface area (Å²) in [7, 11) is 0. The zero-order valence-corrected chi connectivity index (χ0v) is 16.4. The predicted octanol–water partition coefficient (Wildman–Crippen LogP) is 0.0122. The number of rotatable bonds is 7. The molecule has 0 aliphatic carbocycles. The number of carbonyl (C=O) groups is 1. The highest BCUT2D eigenvalue weighted by atomic mass is 35.5. The zero-order chi connectivity index (χ0) is 17.5. The topological polar surface area (TPSA) is 59.0 Å². The molecule has 1 aliphatic heterocycles. The maximum Gasteiger partial charge on any atom is 0.309 e. The van der Waals surface area contributed by atoms with E-state index in [1.165, 1.54) is 0 Å². The van der Waals surface area contributed by atoms with E-state index >= 15 is 0 Å². The number of aliphatic hydroxyl groups is 1. The molecule has 1 aliphatic rings. The fourth-order valence-electron chi connectivity index (χ4n) is 2.74. The highest BCUT2D eigenvalue weighted by molar-refractivity contribution is 6.35. The summed E-state index contributed by atoms with van der Waals surface area (Å²) >= 11 is 11.9. The summed E-state index contributed by atoms with van der Waals surface area (Å²) < 4.78 is 10.6. The van der Waals surface area contributed by atoms with Gasteiger partial charge in [0.05, 0.1) is 17.5 Å². The Bertz CT molecular complexity index is 551. The average molecular weight is 412 g/mol. The van der Waals surface area contributed by atoms with E-state index < -0.39 is 6.10 Å². The number of piperidine rings is 1. The summed E-state index contributed by atoms with van der Waals surface area (Å²) in [5, 5.41) is 11.1. The van der Waals surface area contributed by atoms with Crippen LogP contribution in [0.3, 0.4) is 0 Å². The van der Waals surface area contributed by atoms with Gasteiger partial charge in [-0.2, -0.15) is 0 Å². The van der Waals surface area contributed by atoms with Crippen LogP contribution in [0.5, 0.6) is 5.75 Å². The monoisotopic (exact) mass is 410 g/mol. The molecule has 1 heterocycles. The first-order valence-electron chi connectivity index (χ1n) is 8.14. The molecule has 0 bridgehead atoms. The number of esters is 1. The van der Waals surface area contributed by atoms with Crippen molar-refractivity contribution in [2.24, 2.45) is 5.92 Å². The number of halogens is 3. The Morgan fingerprint density at radius 2 is 2.04 bits per heavy atom. The number of ether oxygens (including phenoxy) is 2. The van der Waals surface area contributed by atoms with Gasteiger partial charge in [0.25, 0.3) is 0 Å². The molecule has 25 heavy (non-hydrogen) atoms. The van der Waals surface area contributed by atoms with Crippen molar-refractivity contribution < 1.29 is 31.8 Å². The maximum atomic E-state index is 11.7. The third-order valence-corrected chi connectivity index (χ3v) is 4.53. The molecule has 1 unspecified atom stereocenters. The Morgan fingerprint density at radius 3 is 2.64 bits per heavy atom. The Hall–Kier alpha value is -0.720. The highest BCUT2D eigenvalue weighted by Crippen LogP contribution is 2.27. The minimum Gasteiger partial charge on any atom is -1.00 e. The first-order valence-corrected chi connectivity index (χ1v) is 8.90. The van der Waals surface area contributed by atoms with Crippen LogP contribution in [-0.4, -0.2) is 54.9 Å². The van der Waals surface area contributed by atoms with Crippen LogP contribution in [-0.2, 0) is 9.53 Å². The van der Waals surface area contributed by atoms with Gasteiger partial charge in [0, 0.05) is 11.6 Å². The van der Waals surface area contributed by atoms with Crippen molar-refractivity contribution >= 4 is 29.2 Å². The number of hydrogen-bond donors (Lipinski definition) is 1. The normalized spacial score (nSPS) is 16.8. The molecular weight excluding hydrogens is 389 g/mol. The van der Waals surface area contributed by atoms with Crippen LogP contribution in [0.2, 0.25) is 10.0 Å². The number of nitrogens with zero attached hydrogens (tertiary/aromatic N) is 1. The van der Waals surface area contributed by atoms with E-state index in [2.05, 4.69) is 4.90 Å². The van der Waals surface area contributed by atoms with Crippen molar-refractivity contribution in [3.63, 3.8) is 0 Å². The molecule has 1 atom stereocenters. The molecule has 0 spiro atoms. The van der Waals surface area contributed by atoms with E-state index in [0.29, 0.717) is 28.9 Å². The molecular formula is C17H23Cl3NO4-. The molecule has 8 heteroatoms. The molecule has 1 N–H and O–H groups in total. The van der Waals surface area contributed by atoms with Gasteiger partial charge in [0.2, 0.25) is 0 Å². The molecule has 5 nitrogen and oxygen atoms in total. The first-order chi connectivity index (χ1) is 11.5. The second-order valence-corrected chi connectivity index (χ2v) is 6.71. The average Bonchev–Trinajstić information content (AvgIpc) is 2.55. The lowest BCUT2D eigenvalue weighted by Gasteiger charge is -2.32. The number of benzene rings is 1. The third-order valence-electron chi connectivity index (χ3n) is 4.00. The van der Waals surface area contributed by atoms with E-state index in [1.54, 1.807) is 18.2 Å². The second kappa shape index (κ2) is 11.1. The molecule has 2 rings (SSSR count). The van der Waals surface area contributed by atoms with Crippen molar-refractivity contribution in [2.75, 3.05) is 32.8 Å².